The molecule has 0 aromatic heterocycles. The van der Waals surface area contributed by atoms with Crippen LogP contribution in [0.5, 0.6) is 0 Å². The molecule has 2 nitrogen and oxygen atoms in total. The van der Waals surface area contributed by atoms with Gasteiger partial charge in [-0.15, -0.1) is 0 Å². The van der Waals surface area contributed by atoms with Gasteiger partial charge in [0, 0.05) is 13.1 Å². The van der Waals surface area contributed by atoms with E-state index in [-0.39, 0.29) is 0 Å². The van der Waals surface area contributed by atoms with Crippen LogP contribution in [0, 0.1) is 0 Å². The highest BCUT2D eigenvalue weighted by molar-refractivity contribution is 5.00. The van der Waals surface area contributed by atoms with Crippen molar-refractivity contribution in [2.75, 3.05) is 20.1 Å². The summed E-state index contributed by atoms with van der Waals surface area (Å²) in [6.45, 7) is 4.41. The van der Waals surface area contributed by atoms with E-state index in [0.717, 1.165) is 13.1 Å². The van der Waals surface area contributed by atoms with Crippen molar-refractivity contribution in [1.82, 2.24) is 4.90 Å². The van der Waals surface area contributed by atoms with Gasteiger partial charge in [0.1, 0.15) is 0 Å². The molecule has 0 aromatic rings. The van der Waals surface area contributed by atoms with Gasteiger partial charge in [-0.05, 0) is 26.8 Å². The quantitative estimate of drug-likeness (QED) is 0.496. The Kier molecular flexibility index (Phi) is 1.29. The first kappa shape index (κ1) is 6.62. The Balaban J connectivity index is 2.00. The Bertz CT molecular complexity index is 130. The third-order valence-corrected chi connectivity index (χ3v) is 2.39. The number of rotatable bonds is 0. The molecule has 0 aromatic carbocycles. The van der Waals surface area contributed by atoms with Crippen LogP contribution in [-0.4, -0.2) is 36.7 Å². The standard InChI is InChI=1S/C8H15NO/c1-7-5-9(2)6-8(10-7)3-4-8/h7H,3-6H2,1-2H3/t7-/m0/s1. The van der Waals surface area contributed by atoms with Crippen molar-refractivity contribution in [3.8, 4) is 0 Å². The van der Waals surface area contributed by atoms with E-state index in [2.05, 4.69) is 18.9 Å². The van der Waals surface area contributed by atoms with E-state index < -0.39 is 0 Å². The Morgan fingerprint density at radius 2 is 2.20 bits per heavy atom. The molecule has 0 bridgehead atoms. The van der Waals surface area contributed by atoms with E-state index in [9.17, 15) is 0 Å². The molecule has 1 aliphatic carbocycles. The number of likely N-dealkylation sites (N-methyl/N-ethyl adjacent to an activating group) is 1. The Morgan fingerprint density at radius 1 is 1.50 bits per heavy atom. The first-order chi connectivity index (χ1) is 4.70. The molecular formula is C8H15NO. The lowest BCUT2D eigenvalue weighted by molar-refractivity contribution is -0.0860. The van der Waals surface area contributed by atoms with Crippen molar-refractivity contribution in [1.29, 1.82) is 0 Å². The Labute approximate surface area is 62.2 Å². The van der Waals surface area contributed by atoms with E-state index in [1.807, 2.05) is 0 Å². The van der Waals surface area contributed by atoms with Gasteiger partial charge in [-0.25, -0.2) is 0 Å². The molecule has 1 saturated carbocycles. The number of hydrogen-bond donors (Lipinski definition) is 0. The molecule has 2 fully saturated rings. The van der Waals surface area contributed by atoms with Gasteiger partial charge < -0.3 is 9.64 Å². The maximum absolute atomic E-state index is 5.81. The third-order valence-electron chi connectivity index (χ3n) is 2.39. The van der Waals surface area contributed by atoms with Gasteiger partial charge in [0.15, 0.2) is 0 Å². The summed E-state index contributed by atoms with van der Waals surface area (Å²) in [7, 11) is 2.18. The topological polar surface area (TPSA) is 12.5 Å². The lowest BCUT2D eigenvalue weighted by Crippen LogP contribution is -2.45. The molecule has 1 spiro atoms. The van der Waals surface area contributed by atoms with Crippen LogP contribution in [0.25, 0.3) is 0 Å². The second-order valence-electron chi connectivity index (χ2n) is 3.81. The molecule has 1 saturated heterocycles. The number of ether oxygens (including phenoxy) is 1. The highest BCUT2D eigenvalue weighted by atomic mass is 16.5. The Hall–Kier alpha value is -0.0800. The fourth-order valence-corrected chi connectivity index (χ4v) is 1.91. The largest absolute Gasteiger partial charge is 0.369 e. The van der Waals surface area contributed by atoms with Gasteiger partial charge in [0.05, 0.1) is 11.7 Å². The summed E-state index contributed by atoms with van der Waals surface area (Å²) in [6.07, 6.45) is 3.00. The SMILES string of the molecule is C[C@H]1CN(C)CC2(CC2)O1. The Morgan fingerprint density at radius 3 is 2.70 bits per heavy atom. The molecule has 0 radical (unpaired) electrons. The lowest BCUT2D eigenvalue weighted by Gasteiger charge is -2.34. The van der Waals surface area contributed by atoms with E-state index in [1.165, 1.54) is 12.8 Å². The fourth-order valence-electron chi connectivity index (χ4n) is 1.91. The molecule has 58 valence electrons. The van der Waals surface area contributed by atoms with Gasteiger partial charge in [-0.3, -0.25) is 0 Å². The second kappa shape index (κ2) is 1.95. The van der Waals surface area contributed by atoms with Gasteiger partial charge >= 0.3 is 0 Å². The average Bonchev–Trinajstić information content (AvgIpc) is 2.44. The van der Waals surface area contributed by atoms with Crippen LogP contribution in [0.3, 0.4) is 0 Å². The van der Waals surface area contributed by atoms with Crippen LogP contribution in [0.4, 0.5) is 0 Å². The van der Waals surface area contributed by atoms with Crippen molar-refractivity contribution in [2.45, 2.75) is 31.5 Å². The molecule has 2 heteroatoms. The summed E-state index contributed by atoms with van der Waals surface area (Å²) in [5.41, 5.74) is 0.298. The van der Waals surface area contributed by atoms with Crippen molar-refractivity contribution in [3.63, 3.8) is 0 Å². The molecule has 0 amide bonds. The third kappa shape index (κ3) is 1.06. The normalized spacial score (nSPS) is 38.4. The molecule has 1 aliphatic heterocycles. The first-order valence-electron chi connectivity index (χ1n) is 4.07. The minimum atomic E-state index is 0.298. The minimum absolute atomic E-state index is 0.298. The van der Waals surface area contributed by atoms with Crippen LogP contribution in [0.15, 0.2) is 0 Å². The molecule has 0 N–H and O–H groups in total. The van der Waals surface area contributed by atoms with Crippen molar-refractivity contribution < 1.29 is 4.74 Å². The predicted molar refractivity (Wildman–Crippen MR) is 40.0 cm³/mol. The summed E-state index contributed by atoms with van der Waals surface area (Å²) >= 11 is 0. The van der Waals surface area contributed by atoms with Crippen molar-refractivity contribution in [2.24, 2.45) is 0 Å². The van der Waals surface area contributed by atoms with E-state index >= 15 is 0 Å². The molecule has 1 heterocycles. The number of hydrogen-bond acceptors (Lipinski definition) is 2. The summed E-state index contributed by atoms with van der Waals surface area (Å²) in [4.78, 5) is 2.38. The summed E-state index contributed by atoms with van der Waals surface area (Å²) in [5, 5.41) is 0. The van der Waals surface area contributed by atoms with Gasteiger partial charge in [-0.1, -0.05) is 0 Å². The van der Waals surface area contributed by atoms with Gasteiger partial charge in [0.25, 0.3) is 0 Å². The monoisotopic (exact) mass is 141 g/mol. The molecule has 10 heavy (non-hydrogen) atoms. The van der Waals surface area contributed by atoms with Crippen molar-refractivity contribution >= 4 is 0 Å². The maximum atomic E-state index is 5.81. The van der Waals surface area contributed by atoms with Crippen molar-refractivity contribution in [3.05, 3.63) is 0 Å². The van der Waals surface area contributed by atoms with Gasteiger partial charge in [-0.2, -0.15) is 0 Å². The average molecular weight is 141 g/mol. The first-order valence-corrected chi connectivity index (χ1v) is 4.07. The van der Waals surface area contributed by atoms with Gasteiger partial charge in [0.2, 0.25) is 0 Å². The summed E-state index contributed by atoms with van der Waals surface area (Å²) in [6, 6.07) is 0. The van der Waals surface area contributed by atoms with E-state index in [0.29, 0.717) is 11.7 Å². The summed E-state index contributed by atoms with van der Waals surface area (Å²) < 4.78 is 5.81. The number of morpholine rings is 1. The zero-order chi connectivity index (χ0) is 7.19. The van der Waals surface area contributed by atoms with Crippen LogP contribution in [-0.2, 0) is 4.74 Å². The second-order valence-corrected chi connectivity index (χ2v) is 3.81. The molecule has 1 atom stereocenters. The highest BCUT2D eigenvalue weighted by Gasteiger charge is 2.48. The van der Waals surface area contributed by atoms with Crippen LogP contribution in [0.1, 0.15) is 19.8 Å². The maximum Gasteiger partial charge on any atom is 0.0815 e. The van der Waals surface area contributed by atoms with Crippen LogP contribution in [0.2, 0.25) is 0 Å². The van der Waals surface area contributed by atoms with Crippen LogP contribution >= 0.6 is 0 Å². The zero-order valence-corrected chi connectivity index (χ0v) is 6.76. The molecular weight excluding hydrogens is 126 g/mol. The zero-order valence-electron chi connectivity index (χ0n) is 6.76. The lowest BCUT2D eigenvalue weighted by atomic mass is 10.2. The highest BCUT2D eigenvalue weighted by Crippen LogP contribution is 2.42. The van der Waals surface area contributed by atoms with E-state index in [1.54, 1.807) is 0 Å². The molecule has 0 unspecified atom stereocenters. The fraction of sp³-hybridized carbons (Fsp3) is 1.00. The predicted octanol–water partition coefficient (Wildman–Crippen LogP) is 0.869. The summed E-state index contributed by atoms with van der Waals surface area (Å²) in [5.74, 6) is 0. The smallest absolute Gasteiger partial charge is 0.0815 e. The molecule has 2 aliphatic rings. The number of nitrogens with zero attached hydrogens (tertiary/aromatic N) is 1. The minimum Gasteiger partial charge on any atom is -0.369 e. The molecule has 2 rings (SSSR count). The van der Waals surface area contributed by atoms with Crippen LogP contribution < -0.4 is 0 Å². The van der Waals surface area contributed by atoms with E-state index in [4.69, 9.17) is 4.74 Å².